The maximum Gasteiger partial charge on any atom is 0.311 e. The molecule has 0 saturated heterocycles. The van der Waals surface area contributed by atoms with Crippen molar-refractivity contribution in [3.63, 3.8) is 0 Å². The summed E-state index contributed by atoms with van der Waals surface area (Å²) in [5.41, 5.74) is 3.12. The first-order chi connectivity index (χ1) is 14.2. The fourth-order valence-corrected chi connectivity index (χ4v) is 3.95. The maximum absolute atomic E-state index is 13.9. The van der Waals surface area contributed by atoms with E-state index >= 15 is 0 Å². The molecule has 0 radical (unpaired) electrons. The summed E-state index contributed by atoms with van der Waals surface area (Å²) in [6.07, 6.45) is 1.29. The van der Waals surface area contributed by atoms with Crippen LogP contribution in [0.5, 0.6) is 5.75 Å². The van der Waals surface area contributed by atoms with E-state index in [1.165, 1.54) is 6.07 Å². The van der Waals surface area contributed by atoms with Crippen LogP contribution in [0.25, 0.3) is 22.0 Å². The van der Waals surface area contributed by atoms with E-state index in [4.69, 9.17) is 4.98 Å². The molecule has 1 aromatic heterocycles. The summed E-state index contributed by atoms with van der Waals surface area (Å²) in [6, 6.07) is 10.0. The van der Waals surface area contributed by atoms with Crippen LogP contribution in [0.2, 0.25) is 0 Å². The van der Waals surface area contributed by atoms with E-state index in [0.29, 0.717) is 36.3 Å². The fraction of sp³-hybridized carbons (Fsp3) is 0.333. The fourth-order valence-electron chi connectivity index (χ4n) is 3.95. The number of anilines is 1. The Morgan fingerprint density at radius 3 is 2.57 bits per heavy atom. The molecule has 0 aliphatic heterocycles. The smallest absolute Gasteiger partial charge is 0.311 e. The lowest BCUT2D eigenvalue weighted by molar-refractivity contribution is -0.142. The first kappa shape index (κ1) is 20.1. The van der Waals surface area contributed by atoms with Gasteiger partial charge < -0.3 is 15.5 Å². The summed E-state index contributed by atoms with van der Waals surface area (Å²) in [5.74, 6) is -0.278. The molecule has 0 bridgehead atoms. The van der Waals surface area contributed by atoms with Crippen LogP contribution in [0.1, 0.15) is 43.7 Å². The van der Waals surface area contributed by atoms with Gasteiger partial charge in [-0.05, 0) is 66.6 Å². The Balaban J connectivity index is 1.93. The van der Waals surface area contributed by atoms with Gasteiger partial charge in [0.1, 0.15) is 17.4 Å². The van der Waals surface area contributed by atoms with Crippen molar-refractivity contribution < 1.29 is 19.4 Å². The topological polar surface area (TPSA) is 82.5 Å². The van der Waals surface area contributed by atoms with Gasteiger partial charge in [0.2, 0.25) is 0 Å². The maximum atomic E-state index is 13.9. The molecule has 30 heavy (non-hydrogen) atoms. The van der Waals surface area contributed by atoms with Gasteiger partial charge in [0.25, 0.3) is 0 Å². The molecule has 0 spiro atoms. The number of fused-ring (bicyclic) bond motifs is 1. The third-order valence-electron chi connectivity index (χ3n) is 5.93. The van der Waals surface area contributed by atoms with Crippen molar-refractivity contribution in [2.24, 2.45) is 5.41 Å². The number of aliphatic carboxylic acids is 1. The molecule has 4 rings (SSSR count). The van der Waals surface area contributed by atoms with Gasteiger partial charge >= 0.3 is 5.97 Å². The van der Waals surface area contributed by atoms with Crippen LogP contribution in [0.3, 0.4) is 0 Å². The SMILES string of the molecule is Cc1cc(-c2c(C(C)C)c(NCC3(C(=O)O)CC3)nc3cc(O)ccc23)ccc1F. The number of nitrogens with zero attached hydrogens (tertiary/aromatic N) is 1. The summed E-state index contributed by atoms with van der Waals surface area (Å²) in [5, 5.41) is 23.7. The number of aromatic nitrogens is 1. The minimum atomic E-state index is -0.797. The number of phenolic OH excluding ortho intramolecular Hbond substituents is 1. The molecule has 1 aliphatic rings. The van der Waals surface area contributed by atoms with Gasteiger partial charge in [-0.15, -0.1) is 0 Å². The average molecular weight is 408 g/mol. The van der Waals surface area contributed by atoms with Gasteiger partial charge in [-0.25, -0.2) is 9.37 Å². The highest BCUT2D eigenvalue weighted by Gasteiger charge is 2.50. The Labute approximate surface area is 174 Å². The van der Waals surface area contributed by atoms with E-state index in [1.807, 2.05) is 12.1 Å². The number of benzene rings is 2. The standard InChI is InChI=1S/C24H25FN2O3/c1-13(2)20-21(15-4-7-18(25)14(3)10-15)17-6-5-16(28)11-19(17)27-22(20)26-12-24(8-9-24)23(29)30/h4-7,10-11,13,28H,8-9,12H2,1-3H3,(H,26,27)(H,29,30). The molecule has 1 heterocycles. The minimum absolute atomic E-state index is 0.0820. The van der Waals surface area contributed by atoms with Crippen molar-refractivity contribution in [2.45, 2.75) is 39.5 Å². The number of pyridine rings is 1. The summed E-state index contributed by atoms with van der Waals surface area (Å²) in [4.78, 5) is 16.3. The van der Waals surface area contributed by atoms with Crippen LogP contribution in [0, 0.1) is 18.2 Å². The molecule has 0 amide bonds. The predicted octanol–water partition coefficient (Wildman–Crippen LogP) is 5.46. The Bertz CT molecular complexity index is 1150. The number of nitrogens with one attached hydrogen (secondary N) is 1. The van der Waals surface area contributed by atoms with Gasteiger partial charge in [0.05, 0.1) is 10.9 Å². The molecule has 5 nitrogen and oxygen atoms in total. The number of carboxylic acid groups (broad SMARTS) is 1. The van der Waals surface area contributed by atoms with E-state index in [2.05, 4.69) is 19.2 Å². The molecule has 3 N–H and O–H groups in total. The number of hydrogen-bond acceptors (Lipinski definition) is 4. The highest BCUT2D eigenvalue weighted by Crippen LogP contribution is 2.47. The zero-order chi connectivity index (χ0) is 21.6. The first-order valence-electron chi connectivity index (χ1n) is 10.1. The number of hydrogen-bond donors (Lipinski definition) is 3. The van der Waals surface area contributed by atoms with Crippen LogP contribution in [-0.4, -0.2) is 27.7 Å². The number of halogens is 1. The number of carboxylic acids is 1. The normalized spacial score (nSPS) is 14.8. The molecule has 156 valence electrons. The van der Waals surface area contributed by atoms with Crippen LogP contribution in [-0.2, 0) is 4.79 Å². The van der Waals surface area contributed by atoms with Crippen LogP contribution < -0.4 is 5.32 Å². The minimum Gasteiger partial charge on any atom is -0.508 e. The molecule has 1 aliphatic carbocycles. The van der Waals surface area contributed by atoms with Gasteiger partial charge in [0, 0.05) is 23.6 Å². The zero-order valence-electron chi connectivity index (χ0n) is 17.3. The third-order valence-corrected chi connectivity index (χ3v) is 5.93. The lowest BCUT2D eigenvalue weighted by Gasteiger charge is -2.22. The van der Waals surface area contributed by atoms with Crippen molar-refractivity contribution in [3.05, 3.63) is 53.3 Å². The van der Waals surface area contributed by atoms with Crippen molar-refractivity contribution in [1.82, 2.24) is 4.98 Å². The summed E-state index contributed by atoms with van der Waals surface area (Å²) in [7, 11) is 0. The lowest BCUT2D eigenvalue weighted by atomic mass is 9.89. The molecule has 1 fully saturated rings. The number of rotatable bonds is 6. The van der Waals surface area contributed by atoms with Crippen molar-refractivity contribution in [2.75, 3.05) is 11.9 Å². The molecular formula is C24H25FN2O3. The molecule has 2 aromatic carbocycles. The highest BCUT2D eigenvalue weighted by molar-refractivity contribution is 5.99. The van der Waals surface area contributed by atoms with Gasteiger partial charge in [-0.3, -0.25) is 4.79 Å². The second kappa shape index (κ2) is 7.27. The Morgan fingerprint density at radius 2 is 1.97 bits per heavy atom. The molecule has 1 saturated carbocycles. The largest absolute Gasteiger partial charge is 0.508 e. The number of aryl methyl sites for hydroxylation is 1. The van der Waals surface area contributed by atoms with Crippen LogP contribution in [0.15, 0.2) is 36.4 Å². The predicted molar refractivity (Wildman–Crippen MR) is 115 cm³/mol. The molecule has 0 unspecified atom stereocenters. The van der Waals surface area contributed by atoms with Crippen molar-refractivity contribution in [3.8, 4) is 16.9 Å². The molecule has 3 aromatic rings. The van der Waals surface area contributed by atoms with Crippen molar-refractivity contribution >= 4 is 22.7 Å². The summed E-state index contributed by atoms with van der Waals surface area (Å²) in [6.45, 7) is 6.13. The van der Waals surface area contributed by atoms with E-state index < -0.39 is 11.4 Å². The van der Waals surface area contributed by atoms with Crippen LogP contribution in [0.4, 0.5) is 10.2 Å². The van der Waals surface area contributed by atoms with E-state index in [-0.39, 0.29) is 17.5 Å². The molecule has 0 atom stereocenters. The van der Waals surface area contributed by atoms with Crippen molar-refractivity contribution in [1.29, 1.82) is 0 Å². The monoisotopic (exact) mass is 408 g/mol. The second-order valence-electron chi connectivity index (χ2n) is 8.51. The summed E-state index contributed by atoms with van der Waals surface area (Å²) >= 11 is 0. The first-order valence-corrected chi connectivity index (χ1v) is 10.1. The second-order valence-corrected chi connectivity index (χ2v) is 8.51. The highest BCUT2D eigenvalue weighted by atomic mass is 19.1. The number of aromatic hydroxyl groups is 1. The Morgan fingerprint density at radius 1 is 1.23 bits per heavy atom. The van der Waals surface area contributed by atoms with Gasteiger partial charge in [0.15, 0.2) is 0 Å². The van der Waals surface area contributed by atoms with E-state index in [9.17, 15) is 19.4 Å². The van der Waals surface area contributed by atoms with Crippen LogP contribution >= 0.6 is 0 Å². The van der Waals surface area contributed by atoms with Gasteiger partial charge in [-0.2, -0.15) is 0 Å². The lowest BCUT2D eigenvalue weighted by Crippen LogP contribution is -2.25. The Kier molecular flexibility index (Phi) is 4.88. The average Bonchev–Trinajstić information content (AvgIpc) is 3.48. The zero-order valence-corrected chi connectivity index (χ0v) is 17.3. The van der Waals surface area contributed by atoms with E-state index in [1.54, 1.807) is 25.1 Å². The van der Waals surface area contributed by atoms with Gasteiger partial charge in [-0.1, -0.05) is 19.9 Å². The summed E-state index contributed by atoms with van der Waals surface area (Å²) < 4.78 is 13.9. The number of phenols is 1. The molecule has 6 heteroatoms. The number of carbonyl (C=O) groups is 1. The molecular weight excluding hydrogens is 383 g/mol. The third kappa shape index (κ3) is 3.47. The van der Waals surface area contributed by atoms with E-state index in [0.717, 1.165) is 22.1 Å². The Hall–Kier alpha value is -3.15. The quantitative estimate of drug-likeness (QED) is 0.505.